The van der Waals surface area contributed by atoms with Crippen molar-refractivity contribution in [3.63, 3.8) is 0 Å². The highest BCUT2D eigenvalue weighted by Gasteiger charge is 2.06. The molecule has 3 aromatic rings. The van der Waals surface area contributed by atoms with Crippen LogP contribution < -0.4 is 10.2 Å². The number of hydrogen-bond acceptors (Lipinski definition) is 6. The molecule has 0 amide bonds. The summed E-state index contributed by atoms with van der Waals surface area (Å²) in [5.74, 6) is 1.28. The zero-order valence-corrected chi connectivity index (χ0v) is 14.7. The van der Waals surface area contributed by atoms with E-state index in [1.807, 2.05) is 43.4 Å². The molecule has 0 unspecified atom stereocenters. The van der Waals surface area contributed by atoms with Gasteiger partial charge in [-0.25, -0.2) is 0 Å². The standard InChI is InChI=1S/C18H19ClN6/c1-25(11-8-14-6-9-20-10-7-14)17-13-22-24-18(23-17)21-12-15-2-4-16(19)5-3-15/h2-7,9-10,13H,8,11-12H2,1H3,(H,21,23,24). The van der Waals surface area contributed by atoms with E-state index < -0.39 is 0 Å². The number of benzene rings is 1. The lowest BCUT2D eigenvalue weighted by Crippen LogP contribution is -2.22. The van der Waals surface area contributed by atoms with Crippen LogP contribution in [0.1, 0.15) is 11.1 Å². The van der Waals surface area contributed by atoms with Gasteiger partial charge in [0.05, 0.1) is 6.20 Å². The minimum absolute atomic E-state index is 0.503. The van der Waals surface area contributed by atoms with Gasteiger partial charge in [0.1, 0.15) is 0 Å². The first-order chi connectivity index (χ1) is 12.2. The Morgan fingerprint density at radius 3 is 2.56 bits per heavy atom. The lowest BCUT2D eigenvalue weighted by atomic mass is 10.2. The maximum absolute atomic E-state index is 5.89. The zero-order chi connectivity index (χ0) is 17.5. The summed E-state index contributed by atoms with van der Waals surface area (Å²) in [6.45, 7) is 1.45. The average Bonchev–Trinajstić information content (AvgIpc) is 2.67. The molecule has 0 spiro atoms. The molecule has 0 saturated carbocycles. The van der Waals surface area contributed by atoms with Crippen LogP contribution >= 0.6 is 11.6 Å². The molecule has 0 aliphatic rings. The Bertz CT molecular complexity index is 794. The Hall–Kier alpha value is -2.73. The van der Waals surface area contributed by atoms with Crippen molar-refractivity contribution in [3.05, 3.63) is 71.1 Å². The number of rotatable bonds is 7. The van der Waals surface area contributed by atoms with Crippen LogP contribution in [0.2, 0.25) is 5.02 Å². The molecule has 1 aromatic carbocycles. The molecule has 0 bridgehead atoms. The van der Waals surface area contributed by atoms with E-state index >= 15 is 0 Å². The van der Waals surface area contributed by atoms with Crippen molar-refractivity contribution in [2.75, 3.05) is 23.8 Å². The molecule has 7 heteroatoms. The first-order valence-electron chi connectivity index (χ1n) is 7.99. The molecule has 128 valence electrons. The van der Waals surface area contributed by atoms with E-state index in [1.54, 1.807) is 18.6 Å². The molecule has 0 aliphatic heterocycles. The number of pyridine rings is 1. The highest BCUT2D eigenvalue weighted by Crippen LogP contribution is 2.13. The molecule has 6 nitrogen and oxygen atoms in total. The van der Waals surface area contributed by atoms with E-state index in [-0.39, 0.29) is 0 Å². The third-order valence-corrected chi connectivity index (χ3v) is 4.04. The Morgan fingerprint density at radius 1 is 1.04 bits per heavy atom. The Kier molecular flexibility index (Phi) is 5.74. The molecule has 1 N–H and O–H groups in total. The van der Waals surface area contributed by atoms with Crippen LogP contribution in [0.4, 0.5) is 11.8 Å². The second-order valence-corrected chi connectivity index (χ2v) is 6.08. The number of hydrogen-bond donors (Lipinski definition) is 1. The Balaban J connectivity index is 1.57. The SMILES string of the molecule is CN(CCc1ccncc1)c1cnnc(NCc2ccc(Cl)cc2)n1. The van der Waals surface area contributed by atoms with Crippen molar-refractivity contribution in [2.45, 2.75) is 13.0 Å². The zero-order valence-electron chi connectivity index (χ0n) is 13.9. The van der Waals surface area contributed by atoms with Gasteiger partial charge in [0.25, 0.3) is 0 Å². The van der Waals surface area contributed by atoms with Crippen LogP contribution in [0, 0.1) is 0 Å². The molecule has 0 radical (unpaired) electrons. The van der Waals surface area contributed by atoms with E-state index in [4.69, 9.17) is 11.6 Å². The molecule has 3 rings (SSSR count). The maximum Gasteiger partial charge on any atom is 0.244 e. The summed E-state index contributed by atoms with van der Waals surface area (Å²) in [7, 11) is 1.99. The van der Waals surface area contributed by atoms with Crippen molar-refractivity contribution in [2.24, 2.45) is 0 Å². The van der Waals surface area contributed by atoms with Crippen molar-refractivity contribution < 1.29 is 0 Å². The topological polar surface area (TPSA) is 66.8 Å². The van der Waals surface area contributed by atoms with Crippen molar-refractivity contribution in [1.29, 1.82) is 0 Å². The van der Waals surface area contributed by atoms with Gasteiger partial charge in [-0.2, -0.15) is 10.1 Å². The second-order valence-electron chi connectivity index (χ2n) is 5.65. The third kappa shape index (κ3) is 5.12. The highest BCUT2D eigenvalue weighted by atomic mass is 35.5. The quantitative estimate of drug-likeness (QED) is 0.702. The molecule has 0 saturated heterocycles. The van der Waals surface area contributed by atoms with Crippen LogP contribution in [-0.4, -0.2) is 33.8 Å². The van der Waals surface area contributed by atoms with Crippen LogP contribution in [0.15, 0.2) is 55.0 Å². The largest absolute Gasteiger partial charge is 0.358 e. The highest BCUT2D eigenvalue weighted by molar-refractivity contribution is 6.30. The van der Waals surface area contributed by atoms with Crippen LogP contribution in [-0.2, 0) is 13.0 Å². The lowest BCUT2D eigenvalue weighted by Gasteiger charge is -2.18. The molecule has 2 heterocycles. The summed E-state index contributed by atoms with van der Waals surface area (Å²) in [5, 5.41) is 12.0. The summed E-state index contributed by atoms with van der Waals surface area (Å²) in [4.78, 5) is 10.6. The van der Waals surface area contributed by atoms with E-state index in [2.05, 4.69) is 30.4 Å². The molecule has 0 atom stereocenters. The van der Waals surface area contributed by atoms with Crippen LogP contribution in [0.25, 0.3) is 0 Å². The van der Waals surface area contributed by atoms with Crippen molar-refractivity contribution >= 4 is 23.4 Å². The van der Waals surface area contributed by atoms with E-state index in [1.165, 1.54) is 5.56 Å². The summed E-state index contributed by atoms with van der Waals surface area (Å²) >= 11 is 5.89. The fourth-order valence-corrected chi connectivity index (χ4v) is 2.42. The number of nitrogens with zero attached hydrogens (tertiary/aromatic N) is 5. The molecule has 0 fully saturated rings. The minimum Gasteiger partial charge on any atom is -0.358 e. The smallest absolute Gasteiger partial charge is 0.244 e. The number of anilines is 2. The molecule has 0 aliphatic carbocycles. The van der Waals surface area contributed by atoms with Crippen molar-refractivity contribution in [3.8, 4) is 0 Å². The predicted octanol–water partition coefficient (Wildman–Crippen LogP) is 3.21. The van der Waals surface area contributed by atoms with E-state index in [0.29, 0.717) is 12.5 Å². The molecule has 2 aromatic heterocycles. The lowest BCUT2D eigenvalue weighted by molar-refractivity contribution is 0.835. The van der Waals surface area contributed by atoms with Gasteiger partial charge in [0.15, 0.2) is 5.82 Å². The summed E-state index contributed by atoms with van der Waals surface area (Å²) in [6.07, 6.45) is 6.19. The number of halogens is 1. The van der Waals surface area contributed by atoms with Gasteiger partial charge in [0.2, 0.25) is 5.95 Å². The summed E-state index contributed by atoms with van der Waals surface area (Å²) < 4.78 is 0. The fourth-order valence-electron chi connectivity index (χ4n) is 2.30. The van der Waals surface area contributed by atoms with Crippen LogP contribution in [0.5, 0.6) is 0 Å². The fraction of sp³-hybridized carbons (Fsp3) is 0.222. The predicted molar refractivity (Wildman–Crippen MR) is 99.8 cm³/mol. The number of nitrogens with one attached hydrogen (secondary N) is 1. The van der Waals surface area contributed by atoms with Gasteiger partial charge in [0, 0.05) is 37.6 Å². The number of likely N-dealkylation sites (N-methyl/N-ethyl adjacent to an activating group) is 1. The molecular weight excluding hydrogens is 336 g/mol. The van der Waals surface area contributed by atoms with Gasteiger partial charge >= 0.3 is 0 Å². The van der Waals surface area contributed by atoms with Gasteiger partial charge in [-0.3, -0.25) is 4.98 Å². The molecular formula is C18H19ClN6. The molecule has 25 heavy (non-hydrogen) atoms. The number of aromatic nitrogens is 4. The first-order valence-corrected chi connectivity index (χ1v) is 8.36. The Morgan fingerprint density at radius 2 is 1.80 bits per heavy atom. The van der Waals surface area contributed by atoms with E-state index in [9.17, 15) is 0 Å². The summed E-state index contributed by atoms with van der Waals surface area (Å²) in [6, 6.07) is 11.7. The normalized spacial score (nSPS) is 10.5. The summed E-state index contributed by atoms with van der Waals surface area (Å²) in [5.41, 5.74) is 2.34. The van der Waals surface area contributed by atoms with Crippen molar-refractivity contribution in [1.82, 2.24) is 20.2 Å². The van der Waals surface area contributed by atoms with Gasteiger partial charge in [-0.15, -0.1) is 5.10 Å². The maximum atomic E-state index is 5.89. The van der Waals surface area contributed by atoms with Gasteiger partial charge in [-0.05, 0) is 41.8 Å². The van der Waals surface area contributed by atoms with Gasteiger partial charge in [-0.1, -0.05) is 23.7 Å². The third-order valence-electron chi connectivity index (χ3n) is 3.79. The second kappa shape index (κ2) is 8.39. The van der Waals surface area contributed by atoms with E-state index in [0.717, 1.165) is 29.4 Å². The first kappa shape index (κ1) is 17.1. The minimum atomic E-state index is 0.503. The van der Waals surface area contributed by atoms with Crippen LogP contribution in [0.3, 0.4) is 0 Å². The van der Waals surface area contributed by atoms with Gasteiger partial charge < -0.3 is 10.2 Å². The Labute approximate surface area is 151 Å². The monoisotopic (exact) mass is 354 g/mol. The average molecular weight is 355 g/mol.